The second-order valence-electron chi connectivity index (χ2n) is 25.7. The molecule has 0 aromatic rings. The van der Waals surface area contributed by atoms with E-state index >= 15 is 0 Å². The summed E-state index contributed by atoms with van der Waals surface area (Å²) in [6, 6.07) is 0. The molecule has 2 aliphatic heterocycles. The highest BCUT2D eigenvalue weighted by Crippen LogP contribution is 2.81. The molecule has 0 spiro atoms. The zero-order chi connectivity index (χ0) is 59.5. The van der Waals surface area contributed by atoms with Gasteiger partial charge in [0.05, 0.1) is 50.3 Å². The molecule has 448 valence electrons. The summed E-state index contributed by atoms with van der Waals surface area (Å²) < 4.78 is 42.4. The second kappa shape index (κ2) is 25.2. The van der Waals surface area contributed by atoms with Crippen molar-refractivity contribution in [3.8, 4) is 0 Å². The van der Waals surface area contributed by atoms with E-state index in [2.05, 4.69) is 21.8 Å². The number of carboxylic acids is 1. The van der Waals surface area contributed by atoms with Crippen LogP contribution in [0.3, 0.4) is 0 Å². The largest absolute Gasteiger partial charge is 0.479 e. The number of ketones is 1. The third kappa shape index (κ3) is 11.4. The molecular formula is C53H89B5O21S. The molecule has 0 amide bonds. The number of fused-ring (bicyclic) bond motifs is 7. The number of rotatable bonds is 21. The van der Waals surface area contributed by atoms with Crippen LogP contribution in [0.2, 0.25) is 21.8 Å². The van der Waals surface area contributed by atoms with Crippen molar-refractivity contribution < 1.29 is 104 Å². The first kappa shape index (κ1) is 65.7. The van der Waals surface area contributed by atoms with Gasteiger partial charge in [-0.1, -0.05) is 61.5 Å². The Hall–Kier alpha value is -1.88. The van der Waals surface area contributed by atoms with Crippen LogP contribution in [-0.4, -0.2) is 242 Å². The van der Waals surface area contributed by atoms with Crippen LogP contribution in [0.15, 0.2) is 23.3 Å². The lowest BCUT2D eigenvalue weighted by Gasteiger charge is -2.73. The molecule has 5 aliphatic carbocycles. The number of allylic oxidation sites excluding steroid dienone is 2. The van der Waals surface area contributed by atoms with Crippen LogP contribution in [0.4, 0.5) is 0 Å². The molecular weight excluding hydrogens is 1060 g/mol. The fourth-order valence-electron chi connectivity index (χ4n) is 16.0. The minimum absolute atomic E-state index is 0.0373. The Kier molecular flexibility index (Phi) is 20.7. The van der Waals surface area contributed by atoms with Gasteiger partial charge in [0.1, 0.15) is 93.8 Å². The van der Waals surface area contributed by atoms with Crippen molar-refractivity contribution in [1.29, 1.82) is 0 Å². The Morgan fingerprint density at radius 1 is 0.887 bits per heavy atom. The van der Waals surface area contributed by atoms with E-state index in [-0.39, 0.29) is 48.6 Å². The minimum Gasteiger partial charge on any atom is -0.479 e. The standard InChI is InChI=1S/C53H89B5O21S/c1-7-21(3)30(63)16-28-43(79-45(72)22(4)8-2)52(57,80)17-29-26-9-10-34-50(55)13-12-32(35(54)27(50)11-14-51(34,56)53(26,58)42(69)41(68)49(28,29)20-61)75-48(73-24(6)44(70)71)40(78-47-38(67)37(66)36(65)33(19-60)76-47)39(23(5)62)77-46-31(64)15-25(18-59)74-46/h8-9,21,23-25,27-29,31-43,46-48,59-62,64-69,80H,7,10-20,54-58H2,1-6H3,(H,70,71)/b22-8-/t21?,23?,24?,25-,27?,28+,29?,31+,32+,33?,34?,35-,36?,37?,38?,39?,40?,41-,42+,43+,46?,47?,48?,49+,50-,51+,52-,53-/m1/s1. The molecule has 21 nitrogen and oxygen atoms in total. The molecule has 0 radical (unpaired) electrons. The predicted octanol–water partition coefficient (Wildman–Crippen LogP) is -3.95. The zero-order valence-electron chi connectivity index (χ0n) is 48.4. The van der Waals surface area contributed by atoms with E-state index in [0.717, 1.165) is 5.57 Å². The minimum atomic E-state index is -1.97. The summed E-state index contributed by atoms with van der Waals surface area (Å²) in [4.78, 5) is 40.3. The van der Waals surface area contributed by atoms with Crippen molar-refractivity contribution in [3.63, 3.8) is 0 Å². The van der Waals surface area contributed by atoms with Gasteiger partial charge in [-0.05, 0) is 82.3 Å². The van der Waals surface area contributed by atoms with Gasteiger partial charge in [0.2, 0.25) is 0 Å². The fourth-order valence-corrected chi connectivity index (χ4v) is 16.5. The van der Waals surface area contributed by atoms with Crippen molar-refractivity contribution in [2.75, 3.05) is 19.8 Å². The van der Waals surface area contributed by atoms with Crippen LogP contribution in [0.5, 0.6) is 0 Å². The van der Waals surface area contributed by atoms with Crippen LogP contribution in [0, 0.1) is 35.0 Å². The molecule has 27 heteroatoms. The van der Waals surface area contributed by atoms with Gasteiger partial charge in [-0.3, -0.25) is 4.79 Å². The number of carbonyl (C=O) groups excluding carboxylic acids is 2. The highest BCUT2D eigenvalue weighted by atomic mass is 32.1. The predicted molar refractivity (Wildman–Crippen MR) is 304 cm³/mol. The molecule has 0 aromatic heterocycles. The maximum Gasteiger partial charge on any atom is 0.333 e. The summed E-state index contributed by atoms with van der Waals surface area (Å²) in [6.07, 6.45) is -18.4. The molecule has 11 N–H and O–H groups in total. The summed E-state index contributed by atoms with van der Waals surface area (Å²) >= 11 is 5.24. The topological polar surface area (TPSA) is 338 Å². The Morgan fingerprint density at radius 3 is 2.12 bits per heavy atom. The normalized spacial score (nSPS) is 46.0. The average Bonchev–Trinajstić information content (AvgIpc) is 3.87. The number of Topliss-reactive ketones (excluding diaryl/α,β-unsaturated/α-hetero) is 1. The lowest BCUT2D eigenvalue weighted by atomic mass is 9.22. The van der Waals surface area contributed by atoms with Gasteiger partial charge in [0.25, 0.3) is 0 Å². The number of aliphatic carboxylic acids is 1. The number of aliphatic hydroxyl groups is 10. The van der Waals surface area contributed by atoms with E-state index in [1.54, 1.807) is 19.9 Å². The van der Waals surface area contributed by atoms with Gasteiger partial charge in [0.15, 0.2) is 25.0 Å². The van der Waals surface area contributed by atoms with E-state index in [9.17, 15) is 70.6 Å². The lowest BCUT2D eigenvalue weighted by Crippen LogP contribution is -2.73. The van der Waals surface area contributed by atoms with Gasteiger partial charge in [0, 0.05) is 40.3 Å². The molecule has 7 aliphatic rings. The van der Waals surface area contributed by atoms with Gasteiger partial charge in [-0.2, -0.15) is 12.6 Å². The number of ether oxygens (including phenoxy) is 7. The first-order chi connectivity index (χ1) is 37.4. The first-order valence-electron chi connectivity index (χ1n) is 28.9. The third-order valence-corrected chi connectivity index (χ3v) is 21.8. The molecule has 80 heavy (non-hydrogen) atoms. The number of hydrogen-bond acceptors (Lipinski definition) is 21. The number of carbonyl (C=O) groups is 3. The van der Waals surface area contributed by atoms with Gasteiger partial charge >= 0.3 is 11.9 Å². The highest BCUT2D eigenvalue weighted by molar-refractivity contribution is 7.83. The van der Waals surface area contributed by atoms with Gasteiger partial charge in [-0.25, -0.2) is 9.59 Å². The molecule has 6 fully saturated rings. The van der Waals surface area contributed by atoms with Crippen molar-refractivity contribution in [2.24, 2.45) is 35.0 Å². The molecule has 2 saturated heterocycles. The molecule has 28 atom stereocenters. The van der Waals surface area contributed by atoms with Crippen LogP contribution in [0.25, 0.3) is 0 Å². The number of esters is 1. The third-order valence-electron chi connectivity index (χ3n) is 21.4. The smallest absolute Gasteiger partial charge is 0.333 e. The number of thiol groups is 1. The van der Waals surface area contributed by atoms with Gasteiger partial charge < -0.3 is 89.3 Å². The number of hydrogen-bond donors (Lipinski definition) is 12. The van der Waals surface area contributed by atoms with E-state index in [1.807, 2.05) is 37.4 Å². The molecule has 7 rings (SSSR count). The maximum atomic E-state index is 14.1. The lowest BCUT2D eigenvalue weighted by molar-refractivity contribution is -0.359. The van der Waals surface area contributed by atoms with Crippen molar-refractivity contribution in [2.45, 2.75) is 230 Å². The van der Waals surface area contributed by atoms with E-state index in [4.69, 9.17) is 45.8 Å². The quantitative estimate of drug-likeness (QED) is 0.0130. The van der Waals surface area contributed by atoms with Crippen molar-refractivity contribution in [1.82, 2.24) is 0 Å². The van der Waals surface area contributed by atoms with E-state index in [1.165, 1.54) is 13.8 Å². The van der Waals surface area contributed by atoms with E-state index < -0.39 is 174 Å². The SMILES string of the molecule is B[C@@H]1C2CC[C@]3(B)C(CC=C4C5C[C@@](B)(S)[C@@H](OC(=O)/C(C)=C\C)[C@H](CC(=O)C(C)CC)[C@]5(CO)[C@H](O)[C@H](O)[C@]43B)[C@@]2(B)CC[C@@H]1OC(OC(C)C(=O)O)C(OC1OC(CO)C(O)C(O)C1O)C(OC1O[C@@H](CO)C[C@@H]1O)C(C)O. The Balaban J connectivity index is 1.25. The summed E-state index contributed by atoms with van der Waals surface area (Å²) in [5.41, 5.74) is -0.285. The summed E-state index contributed by atoms with van der Waals surface area (Å²) in [5.74, 6) is -4.47. The summed E-state index contributed by atoms with van der Waals surface area (Å²) in [7, 11) is 10.3. The average molecular weight is 1150 g/mol. The van der Waals surface area contributed by atoms with Crippen LogP contribution >= 0.6 is 12.6 Å². The maximum absolute atomic E-state index is 14.1. The molecule has 2 heterocycles. The zero-order valence-corrected chi connectivity index (χ0v) is 49.3. The van der Waals surface area contributed by atoms with Crippen molar-refractivity contribution >= 4 is 69.6 Å². The highest BCUT2D eigenvalue weighted by Gasteiger charge is 2.75. The summed E-state index contributed by atoms with van der Waals surface area (Å²) in [6.45, 7) is 7.77. The van der Waals surface area contributed by atoms with Crippen molar-refractivity contribution in [3.05, 3.63) is 23.3 Å². The van der Waals surface area contributed by atoms with Crippen LogP contribution in [0.1, 0.15) is 99.3 Å². The number of aliphatic hydroxyl groups excluding tert-OH is 10. The van der Waals surface area contributed by atoms with Crippen LogP contribution in [-0.2, 0) is 47.5 Å². The molecule has 4 saturated carbocycles. The Bertz CT molecular complexity index is 2270. The molecule has 15 unspecified atom stereocenters. The van der Waals surface area contributed by atoms with Gasteiger partial charge in [-0.15, -0.1) is 0 Å². The second-order valence-corrected chi connectivity index (χ2v) is 26.7. The Morgan fingerprint density at radius 2 is 1.55 bits per heavy atom. The van der Waals surface area contributed by atoms with E-state index in [0.29, 0.717) is 44.1 Å². The number of carboxylic acid groups (broad SMARTS) is 1. The first-order valence-corrected chi connectivity index (χ1v) is 29.4. The van der Waals surface area contributed by atoms with Crippen LogP contribution < -0.4 is 0 Å². The molecule has 0 aromatic carbocycles. The Labute approximate surface area is 479 Å². The summed E-state index contributed by atoms with van der Waals surface area (Å²) in [5, 5.41) is 121. The monoisotopic (exact) mass is 1150 g/mol. The molecule has 0 bridgehead atoms. The fraction of sp³-hybridized carbons (Fsp3) is 0.868.